The van der Waals surface area contributed by atoms with Gasteiger partial charge in [0, 0.05) is 73.9 Å². The highest BCUT2D eigenvalue weighted by Gasteiger charge is 2.03. The lowest BCUT2D eigenvalue weighted by Gasteiger charge is -2.06. The lowest BCUT2D eigenvalue weighted by molar-refractivity contribution is -0.110. The highest BCUT2D eigenvalue weighted by molar-refractivity contribution is 9.10. The summed E-state index contributed by atoms with van der Waals surface area (Å²) in [5.41, 5.74) is 14.3. The van der Waals surface area contributed by atoms with Crippen LogP contribution in [0.2, 0.25) is 0 Å². The molecule has 0 aliphatic rings. The number of carbonyl (C=O) groups is 8. The molecule has 0 saturated carbocycles. The van der Waals surface area contributed by atoms with Gasteiger partial charge in [0.05, 0.1) is 14.2 Å². The third kappa shape index (κ3) is 40.4. The number of amides is 8. The van der Waals surface area contributed by atoms with Crippen LogP contribution in [-0.2, 0) is 89.8 Å². The quantitative estimate of drug-likeness (QED) is 0.0136. The number of nitrogens with one attached hydrogen (secondary N) is 9. The van der Waals surface area contributed by atoms with Gasteiger partial charge in [-0.2, -0.15) is 0 Å². The first-order valence-electron chi connectivity index (χ1n) is 32.3. The molecule has 0 atom stereocenters. The second kappa shape index (κ2) is 55.9. The second-order valence-electron chi connectivity index (χ2n) is 21.6. The Hall–Kier alpha value is -11.1. The molecule has 0 aliphatic carbocycles. The average molecular weight is 1430 g/mol. The van der Waals surface area contributed by atoms with Gasteiger partial charge in [-0.1, -0.05) is 149 Å². The third-order valence-corrected chi connectivity index (χ3v) is 14.8. The molecule has 100 heavy (non-hydrogen) atoms. The number of carbonyl (C=O) groups excluding carboxylic acids is 8. The van der Waals surface area contributed by atoms with E-state index < -0.39 is 0 Å². The van der Waals surface area contributed by atoms with Gasteiger partial charge >= 0.3 is 0 Å². The molecule has 0 radical (unpaired) electrons. The predicted molar refractivity (Wildman–Crippen MR) is 397 cm³/mol. The number of phenolic OH excluding ortho intramolecular Hbond substituents is 1. The molecule has 10 N–H and O–H groups in total. The van der Waals surface area contributed by atoms with Crippen molar-refractivity contribution in [2.24, 2.45) is 0 Å². The van der Waals surface area contributed by atoms with Crippen molar-refractivity contribution in [3.8, 4) is 17.2 Å². The smallest absolute Gasteiger partial charge is 0.207 e. The van der Waals surface area contributed by atoms with E-state index in [0.717, 1.165) is 113 Å². The molecule has 1 aromatic heterocycles. The van der Waals surface area contributed by atoms with Gasteiger partial charge in [-0.15, -0.1) is 0 Å². The largest absolute Gasteiger partial charge is 0.508 e. The zero-order valence-corrected chi connectivity index (χ0v) is 59.1. The number of H-pyrrole nitrogens is 1. The number of aromatic nitrogens is 1. The van der Waals surface area contributed by atoms with Gasteiger partial charge in [0.2, 0.25) is 51.3 Å². The molecule has 22 heteroatoms. The average Bonchev–Trinajstić information content (AvgIpc) is 1.70. The summed E-state index contributed by atoms with van der Waals surface area (Å²) >= 11 is 3.36. The van der Waals surface area contributed by atoms with E-state index in [0.29, 0.717) is 84.4 Å². The van der Waals surface area contributed by atoms with E-state index in [2.05, 4.69) is 108 Å². The fraction of sp³-hybridized carbons (Fsp3) is 0.256. The fourth-order valence-corrected chi connectivity index (χ4v) is 9.15. The van der Waals surface area contributed by atoms with E-state index >= 15 is 0 Å². The second-order valence-corrected chi connectivity index (χ2v) is 22.5. The molecule has 0 spiro atoms. The first-order valence-corrected chi connectivity index (χ1v) is 33.0. The number of benzene rings is 8. The van der Waals surface area contributed by atoms with Gasteiger partial charge < -0.3 is 62.1 Å². The predicted octanol–water partition coefficient (Wildman–Crippen LogP) is 9.79. The summed E-state index contributed by atoms with van der Waals surface area (Å²) < 4.78 is 23.7. The Labute approximate surface area is 595 Å². The van der Waals surface area contributed by atoms with Crippen molar-refractivity contribution >= 4 is 78.1 Å². The Kier molecular flexibility index (Phi) is 47.5. The minimum Gasteiger partial charge on any atom is -0.508 e. The van der Waals surface area contributed by atoms with Crippen LogP contribution in [0.1, 0.15) is 61.2 Å². The van der Waals surface area contributed by atoms with Crippen LogP contribution in [0.4, 0.5) is 4.39 Å². The van der Waals surface area contributed by atoms with E-state index in [9.17, 15) is 42.7 Å². The van der Waals surface area contributed by atoms with Crippen molar-refractivity contribution in [1.82, 2.24) is 47.5 Å². The molecule has 0 saturated heterocycles. The zero-order valence-electron chi connectivity index (χ0n) is 57.5. The number of aryl methyl sites for hydroxylation is 3. The van der Waals surface area contributed by atoms with Crippen molar-refractivity contribution in [3.05, 3.63) is 266 Å². The molecule has 0 aliphatic heterocycles. The van der Waals surface area contributed by atoms with Crippen molar-refractivity contribution in [1.29, 1.82) is 0 Å². The minimum atomic E-state index is -0.234. The van der Waals surface area contributed by atoms with Crippen molar-refractivity contribution in [2.75, 3.05) is 60.0 Å². The van der Waals surface area contributed by atoms with Crippen molar-refractivity contribution < 1.29 is 57.3 Å². The molecule has 0 bridgehead atoms. The Morgan fingerprint density at radius 3 is 1.33 bits per heavy atom. The fourth-order valence-electron chi connectivity index (χ4n) is 8.89. The lowest BCUT2D eigenvalue weighted by atomic mass is 10.0. The number of aromatic amines is 1. The number of hydrogen-bond acceptors (Lipinski definition) is 11. The molecule has 9 rings (SSSR count). The van der Waals surface area contributed by atoms with Gasteiger partial charge in [-0.25, -0.2) is 4.39 Å². The number of halogens is 2. The van der Waals surface area contributed by atoms with Crippen LogP contribution in [0.3, 0.4) is 0 Å². The summed E-state index contributed by atoms with van der Waals surface area (Å²) in [5, 5.41) is 31.1. The van der Waals surface area contributed by atoms with Gasteiger partial charge in [0.25, 0.3) is 0 Å². The number of ether oxygens (including phenoxy) is 2. The maximum Gasteiger partial charge on any atom is 0.207 e. The van der Waals surface area contributed by atoms with E-state index in [1.54, 1.807) is 38.5 Å². The summed E-state index contributed by atoms with van der Waals surface area (Å²) in [6.45, 7) is 11.5. The zero-order chi connectivity index (χ0) is 73.1. The molecule has 20 nitrogen and oxygen atoms in total. The van der Waals surface area contributed by atoms with Crippen LogP contribution in [-0.4, -0.2) is 121 Å². The van der Waals surface area contributed by atoms with Crippen LogP contribution < -0.4 is 52.0 Å². The SMILES string of the molecule is COc1cccc(CCNC=O)c1.COc1ccccc1CCNC=O.Cc1ccc(CCNC=O)cc1C.Cc1cccc(CNC=O)c1.O=CNCCc1c[nH]c2ccccc12.O=CNCCc1ccc(Br)cc1.O=CNCCc1ccc(F)cc1.O=CNCCc1ccc(O)cc1. The molecule has 9 aromatic rings. The minimum absolute atomic E-state index is 0.234. The molecular weight excluding hydrogens is 1340 g/mol. The molecular formula is C78H95BrFN9O11. The van der Waals surface area contributed by atoms with Gasteiger partial charge in [-0.3, -0.25) is 38.4 Å². The van der Waals surface area contributed by atoms with Crippen LogP contribution in [0.15, 0.2) is 199 Å². The molecule has 1 heterocycles. The highest BCUT2D eigenvalue weighted by atomic mass is 79.9. The Morgan fingerprint density at radius 2 is 0.830 bits per heavy atom. The molecule has 8 amide bonds. The van der Waals surface area contributed by atoms with E-state index in [1.165, 1.54) is 50.9 Å². The van der Waals surface area contributed by atoms with E-state index in [4.69, 9.17) is 14.6 Å². The summed E-state index contributed by atoms with van der Waals surface area (Å²) in [7, 11) is 3.29. The molecule has 8 aromatic carbocycles. The lowest BCUT2D eigenvalue weighted by Crippen LogP contribution is -2.14. The van der Waals surface area contributed by atoms with E-state index in [1.807, 2.05) is 134 Å². The highest BCUT2D eigenvalue weighted by Crippen LogP contribution is 2.19. The normalized spacial score (nSPS) is 9.51. The number of hydrogen-bond donors (Lipinski definition) is 10. The summed E-state index contributed by atoms with van der Waals surface area (Å²) in [5.74, 6) is 1.75. The van der Waals surface area contributed by atoms with Gasteiger partial charge in [-0.05, 0) is 182 Å². The Balaban J connectivity index is 0.000000389. The first-order chi connectivity index (χ1) is 48.7. The maximum atomic E-state index is 12.4. The van der Waals surface area contributed by atoms with Crippen molar-refractivity contribution in [3.63, 3.8) is 0 Å². The first kappa shape index (κ1) is 85.0. The number of aromatic hydroxyl groups is 1. The van der Waals surface area contributed by atoms with Crippen molar-refractivity contribution in [2.45, 2.75) is 72.3 Å². The summed E-state index contributed by atoms with van der Waals surface area (Å²) in [4.78, 5) is 82.9. The number of methoxy groups -OCH3 is 2. The van der Waals surface area contributed by atoms with Gasteiger partial charge in [0.1, 0.15) is 23.1 Å². The Bertz CT molecular complexity index is 3560. The van der Waals surface area contributed by atoms with Crippen LogP contribution in [0.5, 0.6) is 17.2 Å². The van der Waals surface area contributed by atoms with Gasteiger partial charge in [0.15, 0.2) is 0 Å². The van der Waals surface area contributed by atoms with Crippen LogP contribution in [0.25, 0.3) is 10.9 Å². The summed E-state index contributed by atoms with van der Waals surface area (Å²) in [6.07, 6.45) is 13.4. The summed E-state index contributed by atoms with van der Waals surface area (Å²) in [6, 6.07) is 59.5. The monoisotopic (exact) mass is 1430 g/mol. The molecule has 0 unspecified atom stereocenters. The topological polar surface area (TPSA) is 287 Å². The van der Waals surface area contributed by atoms with Crippen LogP contribution >= 0.6 is 15.9 Å². The maximum absolute atomic E-state index is 12.4. The standard InChI is InChI=1S/C11H12N2O.C11H15NO.2C10H13NO2.C9H10BrNO.C9H10FNO.C9H11NO2.C9H11NO/c14-8-12-6-5-9-7-13-11-4-2-1-3-10(9)11;1-9-3-4-11(7-10(9)2)5-6-12-8-13;1-13-10-4-2-3-9(7-10)5-6-11-8-12;1-13-10-5-3-2-4-9(10)6-7-11-8-12;2*10-9-3-1-8(2-4-9)5-6-11-7-12;11-7-10-6-5-8-1-3-9(12)4-2-8;1-8-3-2-4-9(5-8)6-10-7-11/h1-4,7-8,13H,5-6H2,(H,12,14);3-4,7-8H,5-6H2,1-2H3,(H,12,13);2-4,7-8H,5-6H2,1H3,(H,11,12);2-5,8H,6-7H2,1H3,(H,11,12);2*1-4,7H,5-6H2,(H,11,12);1-4,7,12H,5-6H2,(H,10,11);2-5,7H,6H2,1H3,(H,10,11). The Morgan fingerprint density at radius 1 is 0.400 bits per heavy atom. The number of rotatable bonds is 33. The number of para-hydroxylation sites is 2. The van der Waals surface area contributed by atoms with Crippen LogP contribution in [0, 0.1) is 26.6 Å². The third-order valence-electron chi connectivity index (χ3n) is 14.3. The molecule has 532 valence electrons. The number of fused-ring (bicyclic) bond motifs is 1. The molecule has 0 fully saturated rings. The number of phenols is 1. The van der Waals surface area contributed by atoms with E-state index in [-0.39, 0.29) is 11.6 Å².